The number of anilines is 2. The van der Waals surface area contributed by atoms with Crippen LogP contribution in [0.15, 0.2) is 48.0 Å². The van der Waals surface area contributed by atoms with Gasteiger partial charge in [-0.2, -0.15) is 0 Å². The van der Waals surface area contributed by atoms with E-state index in [9.17, 15) is 9.59 Å². The summed E-state index contributed by atoms with van der Waals surface area (Å²) in [7, 11) is 0. The maximum atomic E-state index is 15.2. The minimum atomic E-state index is -0.631. The zero-order chi connectivity index (χ0) is 23.2. The van der Waals surface area contributed by atoms with Crippen molar-refractivity contribution in [1.29, 1.82) is 0 Å². The van der Waals surface area contributed by atoms with E-state index < -0.39 is 17.6 Å². The van der Waals surface area contributed by atoms with Crippen molar-refractivity contribution in [2.45, 2.75) is 45.6 Å². The average Bonchev–Trinajstić information content (AvgIpc) is 2.72. The number of nitrogens with zero attached hydrogens (tertiary/aromatic N) is 2. The fraction of sp³-hybridized carbons (Fsp3) is 0.320. The predicted octanol–water partition coefficient (Wildman–Crippen LogP) is 4.77. The lowest BCUT2D eigenvalue weighted by molar-refractivity contribution is -0.122. The number of para-hydroxylation sites is 1. The quantitative estimate of drug-likeness (QED) is 0.415. The fourth-order valence-corrected chi connectivity index (χ4v) is 5.14. The Balaban J connectivity index is 1.78. The fourth-order valence-electron chi connectivity index (χ4n) is 4.85. The van der Waals surface area contributed by atoms with E-state index in [-0.39, 0.29) is 27.7 Å². The number of benzene rings is 2. The van der Waals surface area contributed by atoms with Gasteiger partial charge in [0.15, 0.2) is 5.11 Å². The first-order chi connectivity index (χ1) is 15.1. The van der Waals surface area contributed by atoms with E-state index in [2.05, 4.69) is 37.9 Å². The van der Waals surface area contributed by atoms with Gasteiger partial charge >= 0.3 is 0 Å². The average molecular weight is 452 g/mol. The lowest BCUT2D eigenvalue weighted by atomic mass is 9.79. The lowest BCUT2D eigenvalue weighted by Crippen LogP contribution is -2.54. The molecule has 166 valence electrons. The van der Waals surface area contributed by atoms with Gasteiger partial charge < -0.3 is 4.90 Å². The number of thiocarbonyl (C=S) groups is 1. The van der Waals surface area contributed by atoms with Crippen LogP contribution in [0.4, 0.5) is 15.8 Å². The molecule has 2 heterocycles. The molecule has 32 heavy (non-hydrogen) atoms. The molecule has 0 aliphatic carbocycles. The Hall–Kier alpha value is -3.06. The second kappa shape index (κ2) is 8.13. The minimum Gasteiger partial charge on any atom is -0.366 e. The molecule has 2 aromatic carbocycles. The molecule has 0 saturated carbocycles. The molecule has 1 atom stereocenters. The van der Waals surface area contributed by atoms with Gasteiger partial charge in [0.1, 0.15) is 11.4 Å². The van der Waals surface area contributed by atoms with E-state index in [1.165, 1.54) is 17.0 Å². The highest BCUT2D eigenvalue weighted by Gasteiger charge is 2.37. The third-order valence-electron chi connectivity index (χ3n) is 6.24. The molecule has 0 radical (unpaired) electrons. The first-order valence-corrected chi connectivity index (χ1v) is 11.1. The van der Waals surface area contributed by atoms with Gasteiger partial charge in [0.25, 0.3) is 11.8 Å². The summed E-state index contributed by atoms with van der Waals surface area (Å²) < 4.78 is 15.2. The number of hydrogen-bond acceptors (Lipinski definition) is 4. The number of hydrogen-bond donors (Lipinski definition) is 1. The van der Waals surface area contributed by atoms with Gasteiger partial charge in [-0.05, 0) is 81.2 Å². The minimum absolute atomic E-state index is 0.00343. The molecule has 2 amide bonds. The molecule has 1 N–H and O–H groups in total. The number of amides is 2. The smallest absolute Gasteiger partial charge is 0.270 e. The second-order valence-corrected chi connectivity index (χ2v) is 9.27. The molecule has 0 bridgehead atoms. The molecule has 1 unspecified atom stereocenters. The van der Waals surface area contributed by atoms with Gasteiger partial charge in [0, 0.05) is 23.3 Å². The van der Waals surface area contributed by atoms with Crippen molar-refractivity contribution in [3.05, 3.63) is 65.0 Å². The van der Waals surface area contributed by atoms with Crippen molar-refractivity contribution in [3.63, 3.8) is 0 Å². The van der Waals surface area contributed by atoms with Crippen molar-refractivity contribution < 1.29 is 14.0 Å². The van der Waals surface area contributed by atoms with E-state index in [0.29, 0.717) is 5.69 Å². The summed E-state index contributed by atoms with van der Waals surface area (Å²) in [6.07, 6.45) is 2.25. The van der Waals surface area contributed by atoms with Crippen LogP contribution < -0.4 is 15.1 Å². The van der Waals surface area contributed by atoms with E-state index in [1.807, 2.05) is 6.07 Å². The summed E-state index contributed by atoms with van der Waals surface area (Å²) in [5.74, 6) is -1.47. The standard InChI is InChI=1S/C25H26FN3O2S/c1-5-28-21-13-20(26)16(11-18(21)15(2)14-25(28,3)4)12-19-22(30)27-24(32)29(23(19)31)17-9-7-6-8-10-17/h6-13,15H,5,14H2,1-4H3,(H,27,30,32)/b19-12-. The van der Waals surface area contributed by atoms with Gasteiger partial charge in [0.2, 0.25) is 0 Å². The van der Waals surface area contributed by atoms with Gasteiger partial charge in [-0.25, -0.2) is 4.39 Å². The predicted molar refractivity (Wildman–Crippen MR) is 129 cm³/mol. The molecule has 1 saturated heterocycles. The Kier molecular flexibility index (Phi) is 5.63. The highest BCUT2D eigenvalue weighted by atomic mass is 32.1. The Morgan fingerprint density at radius 1 is 1.22 bits per heavy atom. The summed E-state index contributed by atoms with van der Waals surface area (Å²) in [5.41, 5.74) is 2.39. The summed E-state index contributed by atoms with van der Waals surface area (Å²) >= 11 is 5.22. The Bertz CT molecular complexity index is 1140. The molecule has 2 aliphatic rings. The first-order valence-electron chi connectivity index (χ1n) is 10.7. The van der Waals surface area contributed by atoms with Gasteiger partial charge in [0.05, 0.1) is 5.69 Å². The van der Waals surface area contributed by atoms with Crippen LogP contribution in [0.1, 0.15) is 51.2 Å². The normalized spacial score (nSPS) is 21.6. The van der Waals surface area contributed by atoms with Crippen molar-refractivity contribution in [2.75, 3.05) is 16.3 Å². The zero-order valence-electron chi connectivity index (χ0n) is 18.6. The van der Waals surface area contributed by atoms with E-state index >= 15 is 4.39 Å². The molecule has 0 aromatic heterocycles. The highest BCUT2D eigenvalue weighted by Crippen LogP contribution is 2.44. The Morgan fingerprint density at radius 3 is 2.56 bits per heavy atom. The molecule has 4 rings (SSSR count). The van der Waals surface area contributed by atoms with Crippen LogP contribution in [0.2, 0.25) is 0 Å². The van der Waals surface area contributed by atoms with E-state index in [4.69, 9.17) is 12.2 Å². The van der Waals surface area contributed by atoms with Crippen molar-refractivity contribution >= 4 is 46.6 Å². The van der Waals surface area contributed by atoms with Crippen LogP contribution in [-0.4, -0.2) is 29.0 Å². The summed E-state index contributed by atoms with van der Waals surface area (Å²) in [6.45, 7) is 9.26. The molecule has 5 nitrogen and oxygen atoms in total. The monoisotopic (exact) mass is 451 g/mol. The molecule has 1 fully saturated rings. The van der Waals surface area contributed by atoms with Crippen LogP contribution >= 0.6 is 12.2 Å². The number of fused-ring (bicyclic) bond motifs is 1. The highest BCUT2D eigenvalue weighted by molar-refractivity contribution is 7.80. The maximum absolute atomic E-state index is 15.2. The maximum Gasteiger partial charge on any atom is 0.270 e. The molecular formula is C25H26FN3O2S. The van der Waals surface area contributed by atoms with E-state index in [0.717, 1.165) is 24.2 Å². The first kappa shape index (κ1) is 22.1. The van der Waals surface area contributed by atoms with Crippen molar-refractivity contribution in [3.8, 4) is 0 Å². The number of rotatable bonds is 3. The van der Waals surface area contributed by atoms with E-state index in [1.54, 1.807) is 30.3 Å². The number of carbonyl (C=O) groups is 2. The topological polar surface area (TPSA) is 52.7 Å². The van der Waals surface area contributed by atoms with Crippen LogP contribution in [0.3, 0.4) is 0 Å². The largest absolute Gasteiger partial charge is 0.366 e. The van der Waals surface area contributed by atoms with Gasteiger partial charge in [-0.15, -0.1) is 0 Å². The van der Waals surface area contributed by atoms with Crippen LogP contribution in [0.5, 0.6) is 0 Å². The number of halogens is 1. The number of nitrogens with one attached hydrogen (secondary N) is 1. The molecule has 2 aromatic rings. The van der Waals surface area contributed by atoms with Crippen molar-refractivity contribution in [1.82, 2.24) is 5.32 Å². The number of carbonyl (C=O) groups excluding carboxylic acids is 2. The molecule has 2 aliphatic heterocycles. The van der Waals surface area contributed by atoms with Crippen molar-refractivity contribution in [2.24, 2.45) is 0 Å². The van der Waals surface area contributed by atoms with Gasteiger partial charge in [-0.3, -0.25) is 19.8 Å². The SMILES string of the molecule is CCN1c2cc(F)c(/C=C3/C(=O)NC(=S)N(c4ccccc4)C3=O)cc2C(C)CC1(C)C. The zero-order valence-corrected chi connectivity index (χ0v) is 19.4. The third-order valence-corrected chi connectivity index (χ3v) is 6.52. The third kappa shape index (κ3) is 3.71. The Labute approximate surface area is 192 Å². The lowest BCUT2D eigenvalue weighted by Gasteiger charge is -2.47. The Morgan fingerprint density at radius 2 is 1.91 bits per heavy atom. The van der Waals surface area contributed by atoms with Crippen LogP contribution in [0.25, 0.3) is 6.08 Å². The molecule has 0 spiro atoms. The summed E-state index contributed by atoms with van der Waals surface area (Å²) in [5, 5.41) is 2.55. The van der Waals surface area contributed by atoms with Crippen LogP contribution in [0, 0.1) is 5.82 Å². The van der Waals surface area contributed by atoms with Crippen LogP contribution in [-0.2, 0) is 9.59 Å². The molecular weight excluding hydrogens is 425 g/mol. The molecule has 7 heteroatoms. The van der Waals surface area contributed by atoms with Gasteiger partial charge in [-0.1, -0.05) is 25.1 Å². The summed E-state index contributed by atoms with van der Waals surface area (Å²) in [4.78, 5) is 29.2. The summed E-state index contributed by atoms with van der Waals surface area (Å²) in [6, 6.07) is 12.1. The second-order valence-electron chi connectivity index (χ2n) is 8.89.